The van der Waals surface area contributed by atoms with Gasteiger partial charge in [-0.25, -0.2) is 0 Å². The first-order valence-electron chi connectivity index (χ1n) is 6.51. The Balaban J connectivity index is 2.12. The van der Waals surface area contributed by atoms with Gasteiger partial charge in [0.1, 0.15) is 12.4 Å². The summed E-state index contributed by atoms with van der Waals surface area (Å²) >= 11 is 4.82. The van der Waals surface area contributed by atoms with Gasteiger partial charge in [0.15, 0.2) is 5.75 Å². The number of pyridine rings is 1. The van der Waals surface area contributed by atoms with Crippen molar-refractivity contribution in [2.45, 2.75) is 33.4 Å². The van der Waals surface area contributed by atoms with E-state index in [4.69, 9.17) is 27.2 Å². The van der Waals surface area contributed by atoms with Crippen LogP contribution in [0.3, 0.4) is 0 Å². The lowest BCUT2D eigenvalue weighted by Gasteiger charge is -2.09. The molecule has 112 valence electrons. The summed E-state index contributed by atoms with van der Waals surface area (Å²) in [7, 11) is 0. The van der Waals surface area contributed by atoms with Crippen molar-refractivity contribution in [2.75, 3.05) is 0 Å². The van der Waals surface area contributed by atoms with Gasteiger partial charge >= 0.3 is 0 Å². The summed E-state index contributed by atoms with van der Waals surface area (Å²) in [6, 6.07) is 3.39. The van der Waals surface area contributed by atoms with E-state index in [1.807, 2.05) is 13.8 Å². The first-order chi connectivity index (χ1) is 9.99. The molecule has 21 heavy (non-hydrogen) atoms. The summed E-state index contributed by atoms with van der Waals surface area (Å²) in [5.41, 5.74) is 6.86. The maximum absolute atomic E-state index is 12.2. The second-order valence-corrected chi connectivity index (χ2v) is 5.20. The van der Waals surface area contributed by atoms with Gasteiger partial charge in [0.05, 0.1) is 16.2 Å². The Labute approximate surface area is 127 Å². The van der Waals surface area contributed by atoms with Crippen molar-refractivity contribution >= 4 is 17.2 Å². The fraction of sp³-hybridized carbons (Fsp3) is 0.357. The van der Waals surface area contributed by atoms with Gasteiger partial charge in [0, 0.05) is 19.2 Å². The molecule has 7 heteroatoms. The fourth-order valence-electron chi connectivity index (χ4n) is 1.89. The zero-order valence-corrected chi connectivity index (χ0v) is 12.8. The number of ether oxygens (including phenoxy) is 1. The predicted molar refractivity (Wildman–Crippen MR) is 82.4 cm³/mol. The molecule has 2 rings (SSSR count). The lowest BCUT2D eigenvalue weighted by atomic mass is 10.2. The molecule has 0 bridgehead atoms. The normalized spacial score (nSPS) is 10.6. The Morgan fingerprint density at radius 1 is 1.52 bits per heavy atom. The molecule has 0 spiro atoms. The number of thiocarbonyl (C=S) groups is 1. The van der Waals surface area contributed by atoms with Gasteiger partial charge in [-0.2, -0.15) is 0 Å². The van der Waals surface area contributed by atoms with Crippen LogP contribution in [0.4, 0.5) is 0 Å². The van der Waals surface area contributed by atoms with Crippen molar-refractivity contribution in [1.29, 1.82) is 0 Å². The maximum Gasteiger partial charge on any atom is 0.292 e. The lowest BCUT2D eigenvalue weighted by molar-refractivity contribution is 0.295. The van der Waals surface area contributed by atoms with Crippen molar-refractivity contribution in [3.8, 4) is 5.75 Å². The van der Waals surface area contributed by atoms with Crippen LogP contribution >= 0.6 is 12.2 Å². The molecule has 0 aliphatic rings. The standard InChI is InChI=1S/C14H17N3O3S/c1-9-11(10(2)20-16-9)8-19-12-4-3-6-17(14(12)18)7-5-13(15)21/h3-4,6H,5,7-8H2,1-2H3,(H2,15,21). The van der Waals surface area contributed by atoms with E-state index >= 15 is 0 Å². The topological polar surface area (TPSA) is 83.3 Å². The Morgan fingerprint density at radius 3 is 2.90 bits per heavy atom. The van der Waals surface area contributed by atoms with E-state index in [1.54, 1.807) is 18.3 Å². The van der Waals surface area contributed by atoms with Crippen molar-refractivity contribution in [1.82, 2.24) is 9.72 Å². The smallest absolute Gasteiger partial charge is 0.292 e. The van der Waals surface area contributed by atoms with Crippen LogP contribution in [0.15, 0.2) is 27.6 Å². The molecule has 0 saturated carbocycles. The van der Waals surface area contributed by atoms with Gasteiger partial charge < -0.3 is 19.6 Å². The molecule has 0 atom stereocenters. The zero-order chi connectivity index (χ0) is 15.4. The van der Waals surface area contributed by atoms with E-state index < -0.39 is 0 Å². The summed E-state index contributed by atoms with van der Waals surface area (Å²) in [6.45, 7) is 4.33. The van der Waals surface area contributed by atoms with Gasteiger partial charge in [0.25, 0.3) is 5.56 Å². The van der Waals surface area contributed by atoms with Crippen molar-refractivity contribution in [3.05, 3.63) is 45.7 Å². The van der Waals surface area contributed by atoms with Crippen LogP contribution in [0, 0.1) is 13.8 Å². The molecule has 0 aromatic carbocycles. The number of nitrogens with zero attached hydrogens (tertiary/aromatic N) is 2. The van der Waals surface area contributed by atoms with Crippen LogP contribution in [0.1, 0.15) is 23.4 Å². The van der Waals surface area contributed by atoms with E-state index in [1.165, 1.54) is 4.57 Å². The quantitative estimate of drug-likeness (QED) is 0.818. The average molecular weight is 307 g/mol. The molecule has 0 amide bonds. The molecule has 2 N–H and O–H groups in total. The first kappa shape index (κ1) is 15.2. The number of aromatic nitrogens is 2. The van der Waals surface area contributed by atoms with Crippen LogP contribution in [0.25, 0.3) is 0 Å². The summed E-state index contributed by atoms with van der Waals surface area (Å²) in [4.78, 5) is 12.6. The van der Waals surface area contributed by atoms with Gasteiger partial charge in [0.2, 0.25) is 0 Å². The summed E-state index contributed by atoms with van der Waals surface area (Å²) in [6.07, 6.45) is 2.16. The first-order valence-corrected chi connectivity index (χ1v) is 6.92. The lowest BCUT2D eigenvalue weighted by Crippen LogP contribution is -2.23. The largest absolute Gasteiger partial charge is 0.483 e. The van der Waals surface area contributed by atoms with Gasteiger partial charge in [-0.15, -0.1) is 0 Å². The van der Waals surface area contributed by atoms with Gasteiger partial charge in [-0.3, -0.25) is 4.79 Å². The van der Waals surface area contributed by atoms with Crippen LogP contribution in [-0.2, 0) is 13.2 Å². The fourth-order valence-corrected chi connectivity index (χ4v) is 1.98. The molecular formula is C14H17N3O3S. The number of aryl methyl sites for hydroxylation is 3. The number of rotatable bonds is 6. The average Bonchev–Trinajstić information content (AvgIpc) is 2.76. The molecule has 0 fully saturated rings. The van der Waals surface area contributed by atoms with Crippen LogP contribution in [0.5, 0.6) is 5.75 Å². The third-order valence-electron chi connectivity index (χ3n) is 3.14. The van der Waals surface area contributed by atoms with E-state index in [-0.39, 0.29) is 17.9 Å². The van der Waals surface area contributed by atoms with Gasteiger partial charge in [-0.1, -0.05) is 17.4 Å². The van der Waals surface area contributed by atoms with Crippen LogP contribution in [-0.4, -0.2) is 14.7 Å². The highest BCUT2D eigenvalue weighted by Gasteiger charge is 2.11. The zero-order valence-electron chi connectivity index (χ0n) is 12.0. The van der Waals surface area contributed by atoms with E-state index in [9.17, 15) is 4.79 Å². The summed E-state index contributed by atoms with van der Waals surface area (Å²) < 4.78 is 12.2. The minimum atomic E-state index is -0.208. The Hall–Kier alpha value is -2.15. The summed E-state index contributed by atoms with van der Waals surface area (Å²) in [5.74, 6) is 0.970. The maximum atomic E-state index is 12.2. The number of hydrogen-bond acceptors (Lipinski definition) is 5. The Bertz CT molecular complexity index is 686. The minimum absolute atomic E-state index is 0.208. The highest BCUT2D eigenvalue weighted by molar-refractivity contribution is 7.80. The van der Waals surface area contributed by atoms with Gasteiger partial charge in [-0.05, 0) is 26.0 Å². The Morgan fingerprint density at radius 2 is 2.29 bits per heavy atom. The van der Waals surface area contributed by atoms with Crippen molar-refractivity contribution in [3.63, 3.8) is 0 Å². The SMILES string of the molecule is Cc1noc(C)c1COc1cccn(CCC(N)=S)c1=O. The monoisotopic (exact) mass is 307 g/mol. The van der Waals surface area contributed by atoms with Crippen molar-refractivity contribution < 1.29 is 9.26 Å². The molecule has 2 aromatic heterocycles. The molecular weight excluding hydrogens is 290 g/mol. The molecule has 0 saturated heterocycles. The highest BCUT2D eigenvalue weighted by atomic mass is 32.1. The Kier molecular flexibility index (Phi) is 4.74. The van der Waals surface area contributed by atoms with E-state index in [0.717, 1.165) is 11.3 Å². The minimum Gasteiger partial charge on any atom is -0.483 e. The molecule has 6 nitrogen and oxygen atoms in total. The molecule has 0 aliphatic carbocycles. The van der Waals surface area contributed by atoms with Crippen LogP contribution in [0.2, 0.25) is 0 Å². The highest BCUT2D eigenvalue weighted by Crippen LogP contribution is 2.14. The predicted octanol–water partition coefficient (Wildman–Crippen LogP) is 1.71. The number of nitrogens with two attached hydrogens (primary N) is 1. The third kappa shape index (κ3) is 3.69. The third-order valence-corrected chi connectivity index (χ3v) is 3.34. The molecule has 2 aromatic rings. The second-order valence-electron chi connectivity index (χ2n) is 4.68. The molecule has 0 radical (unpaired) electrons. The number of hydrogen-bond donors (Lipinski definition) is 1. The second kappa shape index (κ2) is 6.53. The summed E-state index contributed by atoms with van der Waals surface area (Å²) in [5, 5.41) is 3.85. The molecule has 0 aliphatic heterocycles. The van der Waals surface area contributed by atoms with E-state index in [2.05, 4.69) is 5.16 Å². The molecule has 2 heterocycles. The van der Waals surface area contributed by atoms with E-state index in [0.29, 0.717) is 23.7 Å². The van der Waals surface area contributed by atoms with Crippen molar-refractivity contribution in [2.24, 2.45) is 5.73 Å². The molecule has 0 unspecified atom stereocenters. The van der Waals surface area contributed by atoms with Crippen LogP contribution < -0.4 is 16.0 Å².